The molecule has 4 nitrogen and oxygen atoms in total. The van der Waals surface area contributed by atoms with Gasteiger partial charge < -0.3 is 4.74 Å². The molecular formula is C13H12ClFN2O2. The van der Waals surface area contributed by atoms with E-state index in [9.17, 15) is 9.18 Å². The van der Waals surface area contributed by atoms with Gasteiger partial charge in [0.05, 0.1) is 13.7 Å². The molecule has 0 spiro atoms. The maximum absolute atomic E-state index is 13.0. The Hall–Kier alpha value is -1.88. The maximum atomic E-state index is 13.0. The van der Waals surface area contributed by atoms with Gasteiger partial charge in [-0.2, -0.15) is 0 Å². The molecular weight excluding hydrogens is 271 g/mol. The minimum atomic E-state index is -0.421. The topological polar surface area (TPSA) is 44.1 Å². The van der Waals surface area contributed by atoms with Crippen LogP contribution in [0.5, 0.6) is 6.01 Å². The van der Waals surface area contributed by atoms with E-state index in [0.717, 1.165) is 0 Å². The predicted molar refractivity (Wildman–Crippen MR) is 70.3 cm³/mol. The van der Waals surface area contributed by atoms with Crippen LogP contribution < -0.4 is 10.3 Å². The summed E-state index contributed by atoms with van der Waals surface area (Å²) in [6, 6.07) is 5.63. The Kier molecular flexibility index (Phi) is 3.85. The summed E-state index contributed by atoms with van der Waals surface area (Å²) in [5.41, 5.74) is 0.946. The quantitative estimate of drug-likeness (QED) is 0.868. The number of benzene rings is 1. The van der Waals surface area contributed by atoms with Gasteiger partial charge in [0.2, 0.25) is 0 Å². The summed E-state index contributed by atoms with van der Waals surface area (Å²) in [6.45, 7) is 1.88. The Balaban J connectivity index is 2.46. The van der Waals surface area contributed by atoms with Crippen LogP contribution >= 0.6 is 11.6 Å². The third-order valence-corrected chi connectivity index (χ3v) is 2.98. The fraction of sp³-hybridized carbons (Fsp3) is 0.231. The first-order chi connectivity index (χ1) is 9.01. The molecule has 0 aliphatic heterocycles. The van der Waals surface area contributed by atoms with Crippen molar-refractivity contribution in [3.05, 3.63) is 56.7 Å². The molecule has 19 heavy (non-hydrogen) atoms. The molecule has 0 saturated carbocycles. The van der Waals surface area contributed by atoms with Crippen molar-refractivity contribution >= 4 is 11.6 Å². The molecule has 0 aliphatic rings. The van der Waals surface area contributed by atoms with Gasteiger partial charge in [0.1, 0.15) is 5.82 Å². The molecule has 1 aromatic heterocycles. The molecule has 0 N–H and O–H groups in total. The smallest absolute Gasteiger partial charge is 0.299 e. The zero-order chi connectivity index (χ0) is 14.0. The van der Waals surface area contributed by atoms with Crippen LogP contribution in [0, 0.1) is 12.7 Å². The van der Waals surface area contributed by atoms with Crippen LogP contribution in [0.3, 0.4) is 0 Å². The fourth-order valence-electron chi connectivity index (χ4n) is 1.72. The Morgan fingerprint density at radius 1 is 1.42 bits per heavy atom. The van der Waals surface area contributed by atoms with E-state index in [1.54, 1.807) is 6.92 Å². The fourth-order valence-corrected chi connectivity index (χ4v) is 1.94. The number of aromatic nitrogens is 2. The molecule has 0 fully saturated rings. The Labute approximate surface area is 114 Å². The third-order valence-electron chi connectivity index (χ3n) is 2.63. The first-order valence-corrected chi connectivity index (χ1v) is 5.95. The molecule has 0 saturated heterocycles. The summed E-state index contributed by atoms with van der Waals surface area (Å²) in [5.74, 6) is -0.421. The number of rotatable bonds is 3. The van der Waals surface area contributed by atoms with Gasteiger partial charge in [-0.3, -0.25) is 9.36 Å². The lowest BCUT2D eigenvalue weighted by Crippen LogP contribution is -2.23. The summed E-state index contributed by atoms with van der Waals surface area (Å²) in [6.07, 6.45) is 0. The van der Waals surface area contributed by atoms with Crippen molar-refractivity contribution < 1.29 is 9.13 Å². The molecule has 1 heterocycles. The van der Waals surface area contributed by atoms with E-state index in [1.165, 1.54) is 35.9 Å². The first-order valence-electron chi connectivity index (χ1n) is 5.57. The normalized spacial score (nSPS) is 10.5. The van der Waals surface area contributed by atoms with Crippen LogP contribution in [0.1, 0.15) is 11.3 Å². The molecule has 2 rings (SSSR count). The molecule has 0 atom stereocenters. The summed E-state index contributed by atoms with van der Waals surface area (Å²) in [4.78, 5) is 16.0. The maximum Gasteiger partial charge on any atom is 0.299 e. The van der Waals surface area contributed by atoms with Crippen molar-refractivity contribution in [1.82, 2.24) is 9.55 Å². The molecule has 100 valence electrons. The van der Waals surface area contributed by atoms with E-state index >= 15 is 0 Å². The van der Waals surface area contributed by atoms with Crippen LogP contribution in [0.4, 0.5) is 4.39 Å². The SMILES string of the molecule is COc1nc(C)cc(=O)n1Cc1ccc(F)cc1Cl. The van der Waals surface area contributed by atoms with E-state index in [4.69, 9.17) is 16.3 Å². The number of methoxy groups -OCH3 is 1. The Morgan fingerprint density at radius 2 is 2.16 bits per heavy atom. The molecule has 0 bridgehead atoms. The van der Waals surface area contributed by atoms with Crippen molar-refractivity contribution in [2.24, 2.45) is 0 Å². The molecule has 0 amide bonds. The summed E-state index contributed by atoms with van der Waals surface area (Å²) in [5, 5.41) is 0.259. The minimum absolute atomic E-state index is 0.175. The average Bonchev–Trinajstić information content (AvgIpc) is 2.34. The van der Waals surface area contributed by atoms with Crippen LogP contribution in [-0.2, 0) is 6.54 Å². The van der Waals surface area contributed by atoms with Gasteiger partial charge >= 0.3 is 0 Å². The molecule has 0 aliphatic carbocycles. The van der Waals surface area contributed by atoms with Crippen molar-refractivity contribution in [1.29, 1.82) is 0 Å². The van der Waals surface area contributed by atoms with E-state index in [2.05, 4.69) is 4.98 Å². The molecule has 1 aromatic carbocycles. The number of halogens is 2. The lowest BCUT2D eigenvalue weighted by Gasteiger charge is -2.11. The second-order valence-electron chi connectivity index (χ2n) is 4.04. The highest BCUT2D eigenvalue weighted by atomic mass is 35.5. The van der Waals surface area contributed by atoms with E-state index in [0.29, 0.717) is 11.3 Å². The highest BCUT2D eigenvalue weighted by Gasteiger charge is 2.10. The summed E-state index contributed by atoms with van der Waals surface area (Å²) in [7, 11) is 1.43. The van der Waals surface area contributed by atoms with Crippen LogP contribution in [-0.4, -0.2) is 16.7 Å². The number of aryl methyl sites for hydroxylation is 1. The van der Waals surface area contributed by atoms with Crippen LogP contribution in [0.2, 0.25) is 5.02 Å². The van der Waals surface area contributed by atoms with Gasteiger partial charge in [0.15, 0.2) is 0 Å². The standard InChI is InChI=1S/C13H12ClFN2O2/c1-8-5-12(18)17(13(16-8)19-2)7-9-3-4-10(15)6-11(9)14/h3-6H,7H2,1-2H3. The minimum Gasteiger partial charge on any atom is -0.468 e. The van der Waals surface area contributed by atoms with E-state index in [-0.39, 0.29) is 23.1 Å². The lowest BCUT2D eigenvalue weighted by atomic mass is 10.2. The third kappa shape index (κ3) is 2.93. The molecule has 2 aromatic rings. The highest BCUT2D eigenvalue weighted by Crippen LogP contribution is 2.19. The van der Waals surface area contributed by atoms with Crippen molar-refractivity contribution in [2.45, 2.75) is 13.5 Å². The van der Waals surface area contributed by atoms with Gasteiger partial charge in [-0.1, -0.05) is 17.7 Å². The van der Waals surface area contributed by atoms with Crippen molar-refractivity contribution in [3.8, 4) is 6.01 Å². The first kappa shape index (κ1) is 13.5. The molecule has 0 unspecified atom stereocenters. The highest BCUT2D eigenvalue weighted by molar-refractivity contribution is 6.31. The van der Waals surface area contributed by atoms with Gasteiger partial charge in [0.25, 0.3) is 11.6 Å². The van der Waals surface area contributed by atoms with Crippen LogP contribution in [0.15, 0.2) is 29.1 Å². The summed E-state index contributed by atoms with van der Waals surface area (Å²) < 4.78 is 19.4. The zero-order valence-electron chi connectivity index (χ0n) is 10.5. The predicted octanol–water partition coefficient (Wildman–Crippen LogP) is 2.40. The second kappa shape index (κ2) is 5.40. The number of hydrogen-bond donors (Lipinski definition) is 0. The molecule has 0 radical (unpaired) electrons. The van der Waals surface area contributed by atoms with Crippen LogP contribution in [0.25, 0.3) is 0 Å². The second-order valence-corrected chi connectivity index (χ2v) is 4.45. The molecule has 6 heteroatoms. The van der Waals surface area contributed by atoms with E-state index < -0.39 is 5.82 Å². The largest absolute Gasteiger partial charge is 0.468 e. The average molecular weight is 283 g/mol. The van der Waals surface area contributed by atoms with Gasteiger partial charge in [-0.05, 0) is 24.6 Å². The van der Waals surface area contributed by atoms with Gasteiger partial charge in [-0.25, -0.2) is 9.37 Å². The van der Waals surface area contributed by atoms with Crippen molar-refractivity contribution in [3.63, 3.8) is 0 Å². The number of nitrogens with zero attached hydrogens (tertiary/aromatic N) is 2. The van der Waals surface area contributed by atoms with Crippen molar-refractivity contribution in [2.75, 3.05) is 7.11 Å². The Morgan fingerprint density at radius 3 is 2.79 bits per heavy atom. The lowest BCUT2D eigenvalue weighted by molar-refractivity contribution is 0.350. The van der Waals surface area contributed by atoms with Gasteiger partial charge in [-0.15, -0.1) is 0 Å². The number of hydrogen-bond acceptors (Lipinski definition) is 3. The van der Waals surface area contributed by atoms with Gasteiger partial charge in [0, 0.05) is 16.8 Å². The zero-order valence-corrected chi connectivity index (χ0v) is 11.2. The monoisotopic (exact) mass is 282 g/mol. The van der Waals surface area contributed by atoms with E-state index in [1.807, 2.05) is 0 Å². The number of ether oxygens (including phenoxy) is 1. The Bertz CT molecular complexity index is 670. The summed E-state index contributed by atoms with van der Waals surface area (Å²) >= 11 is 5.94.